The van der Waals surface area contributed by atoms with E-state index in [-0.39, 0.29) is 6.03 Å². The number of urea groups is 1. The third kappa shape index (κ3) is 4.31. The summed E-state index contributed by atoms with van der Waals surface area (Å²) in [4.78, 5) is 16.8. The van der Waals surface area contributed by atoms with Crippen LogP contribution in [0.1, 0.15) is 32.1 Å². The standard InChI is InChI=1S/C17H23Cl2N3O/c18-15-7-6-13(12-16(15)19)20-17(23)22-10-8-21(9-11-22)14-4-2-1-3-5-14/h6-7,12,14H,1-5,8-11H2,(H,20,23). The number of anilines is 1. The molecule has 1 N–H and O–H groups in total. The molecule has 0 spiro atoms. The van der Waals surface area contributed by atoms with Gasteiger partial charge in [0.25, 0.3) is 0 Å². The van der Waals surface area contributed by atoms with E-state index in [9.17, 15) is 4.79 Å². The van der Waals surface area contributed by atoms with Crippen LogP contribution < -0.4 is 5.32 Å². The second kappa shape index (κ2) is 7.73. The maximum absolute atomic E-state index is 12.4. The number of amides is 2. The summed E-state index contributed by atoms with van der Waals surface area (Å²) in [6.07, 6.45) is 6.71. The summed E-state index contributed by atoms with van der Waals surface area (Å²) in [6, 6.07) is 5.81. The monoisotopic (exact) mass is 355 g/mol. The summed E-state index contributed by atoms with van der Waals surface area (Å²) in [7, 11) is 0. The average Bonchev–Trinajstić information content (AvgIpc) is 2.59. The second-order valence-corrected chi connectivity index (χ2v) is 7.19. The van der Waals surface area contributed by atoms with E-state index >= 15 is 0 Å². The van der Waals surface area contributed by atoms with Gasteiger partial charge in [0.05, 0.1) is 10.0 Å². The lowest BCUT2D eigenvalue weighted by Crippen LogP contribution is -2.53. The number of hydrogen-bond acceptors (Lipinski definition) is 2. The van der Waals surface area contributed by atoms with Crippen LogP contribution in [0.2, 0.25) is 10.0 Å². The molecule has 1 saturated heterocycles. The molecule has 0 unspecified atom stereocenters. The third-order valence-corrected chi connectivity index (χ3v) is 5.60. The van der Waals surface area contributed by atoms with Crippen molar-refractivity contribution in [3.05, 3.63) is 28.2 Å². The van der Waals surface area contributed by atoms with Crippen LogP contribution in [0.15, 0.2) is 18.2 Å². The summed E-state index contributed by atoms with van der Waals surface area (Å²) in [5.41, 5.74) is 0.680. The summed E-state index contributed by atoms with van der Waals surface area (Å²) < 4.78 is 0. The average molecular weight is 356 g/mol. The van der Waals surface area contributed by atoms with Crippen LogP contribution in [0.25, 0.3) is 0 Å². The van der Waals surface area contributed by atoms with Crippen molar-refractivity contribution in [1.82, 2.24) is 9.80 Å². The Hall–Kier alpha value is -0.970. The van der Waals surface area contributed by atoms with Crippen molar-refractivity contribution in [3.63, 3.8) is 0 Å². The molecular formula is C17H23Cl2N3O. The summed E-state index contributed by atoms with van der Waals surface area (Å²) in [5.74, 6) is 0. The quantitative estimate of drug-likeness (QED) is 0.848. The maximum Gasteiger partial charge on any atom is 0.321 e. The summed E-state index contributed by atoms with van der Waals surface area (Å²) in [6.45, 7) is 3.51. The lowest BCUT2D eigenvalue weighted by molar-refractivity contribution is 0.0943. The first-order valence-electron chi connectivity index (χ1n) is 8.38. The fourth-order valence-corrected chi connectivity index (χ4v) is 3.81. The van der Waals surface area contributed by atoms with Crippen molar-refractivity contribution in [3.8, 4) is 0 Å². The Morgan fingerprint density at radius 2 is 1.70 bits per heavy atom. The van der Waals surface area contributed by atoms with E-state index in [2.05, 4.69) is 10.2 Å². The molecule has 1 aromatic rings. The first-order chi connectivity index (χ1) is 11.1. The Bertz CT molecular complexity index is 553. The minimum atomic E-state index is -0.0633. The molecule has 0 bridgehead atoms. The van der Waals surface area contributed by atoms with Gasteiger partial charge in [-0.15, -0.1) is 0 Å². The molecule has 4 nitrogen and oxygen atoms in total. The van der Waals surface area contributed by atoms with Gasteiger partial charge in [-0.2, -0.15) is 0 Å². The summed E-state index contributed by atoms with van der Waals surface area (Å²) in [5, 5.41) is 3.84. The molecule has 126 valence electrons. The third-order valence-electron chi connectivity index (χ3n) is 4.86. The van der Waals surface area contributed by atoms with Crippen LogP contribution in [-0.4, -0.2) is 48.1 Å². The molecule has 0 aromatic heterocycles. The van der Waals surface area contributed by atoms with Gasteiger partial charge in [-0.05, 0) is 31.0 Å². The Kier molecular flexibility index (Phi) is 5.67. The van der Waals surface area contributed by atoms with Crippen LogP contribution in [-0.2, 0) is 0 Å². The Labute approximate surface area is 147 Å². The molecule has 0 atom stereocenters. The number of carbonyl (C=O) groups is 1. The van der Waals surface area contributed by atoms with Crippen molar-refractivity contribution in [2.45, 2.75) is 38.1 Å². The first-order valence-corrected chi connectivity index (χ1v) is 9.14. The van der Waals surface area contributed by atoms with Crippen molar-refractivity contribution in [2.24, 2.45) is 0 Å². The molecule has 3 rings (SSSR count). The normalized spacial score (nSPS) is 20.5. The van der Waals surface area contributed by atoms with E-state index in [1.165, 1.54) is 32.1 Å². The lowest BCUT2D eigenvalue weighted by atomic mass is 9.94. The van der Waals surface area contributed by atoms with Gasteiger partial charge in [0.15, 0.2) is 0 Å². The van der Waals surface area contributed by atoms with Gasteiger partial charge in [-0.25, -0.2) is 4.79 Å². The lowest BCUT2D eigenvalue weighted by Gasteiger charge is -2.40. The molecule has 1 saturated carbocycles. The minimum Gasteiger partial charge on any atom is -0.322 e. The second-order valence-electron chi connectivity index (χ2n) is 6.37. The van der Waals surface area contributed by atoms with Gasteiger partial charge in [0.1, 0.15) is 0 Å². The van der Waals surface area contributed by atoms with Gasteiger partial charge in [-0.1, -0.05) is 42.5 Å². The number of carbonyl (C=O) groups excluding carboxylic acids is 1. The number of piperazine rings is 1. The highest BCUT2D eigenvalue weighted by atomic mass is 35.5. The molecule has 2 aliphatic rings. The minimum absolute atomic E-state index is 0.0633. The van der Waals surface area contributed by atoms with E-state index < -0.39 is 0 Å². The number of halogens is 2. The van der Waals surface area contributed by atoms with Gasteiger partial charge in [0.2, 0.25) is 0 Å². The van der Waals surface area contributed by atoms with Crippen LogP contribution >= 0.6 is 23.2 Å². The SMILES string of the molecule is O=C(Nc1ccc(Cl)c(Cl)c1)N1CCN(C2CCCCC2)CC1. The maximum atomic E-state index is 12.4. The van der Waals surface area contributed by atoms with Crippen LogP contribution in [0.5, 0.6) is 0 Å². The molecule has 1 aliphatic heterocycles. The zero-order valence-electron chi connectivity index (χ0n) is 13.2. The van der Waals surface area contributed by atoms with Gasteiger partial charge in [0, 0.05) is 37.9 Å². The number of nitrogens with zero attached hydrogens (tertiary/aromatic N) is 2. The summed E-state index contributed by atoms with van der Waals surface area (Å²) >= 11 is 11.9. The van der Waals surface area contributed by atoms with Gasteiger partial charge < -0.3 is 10.2 Å². The van der Waals surface area contributed by atoms with E-state index in [1.807, 2.05) is 4.90 Å². The topological polar surface area (TPSA) is 35.6 Å². The molecule has 23 heavy (non-hydrogen) atoms. The smallest absolute Gasteiger partial charge is 0.321 e. The van der Waals surface area contributed by atoms with Crippen molar-refractivity contribution in [1.29, 1.82) is 0 Å². The number of nitrogens with one attached hydrogen (secondary N) is 1. The predicted molar refractivity (Wildman–Crippen MR) is 95.5 cm³/mol. The Morgan fingerprint density at radius 3 is 2.35 bits per heavy atom. The fraction of sp³-hybridized carbons (Fsp3) is 0.588. The Balaban J connectivity index is 1.50. The molecule has 6 heteroatoms. The van der Waals surface area contributed by atoms with E-state index in [0.717, 1.165) is 32.2 Å². The van der Waals surface area contributed by atoms with E-state index in [0.29, 0.717) is 15.7 Å². The van der Waals surface area contributed by atoms with Crippen molar-refractivity contribution in [2.75, 3.05) is 31.5 Å². The zero-order valence-corrected chi connectivity index (χ0v) is 14.7. The molecule has 2 fully saturated rings. The molecule has 1 heterocycles. The van der Waals surface area contributed by atoms with Crippen molar-refractivity contribution >= 4 is 34.9 Å². The van der Waals surface area contributed by atoms with Crippen LogP contribution in [0.4, 0.5) is 10.5 Å². The highest BCUT2D eigenvalue weighted by Crippen LogP contribution is 2.26. The van der Waals surface area contributed by atoms with E-state index in [4.69, 9.17) is 23.2 Å². The van der Waals surface area contributed by atoms with Crippen LogP contribution in [0.3, 0.4) is 0 Å². The molecule has 0 radical (unpaired) electrons. The molecule has 1 aliphatic carbocycles. The van der Waals surface area contributed by atoms with Gasteiger partial charge >= 0.3 is 6.03 Å². The zero-order chi connectivity index (χ0) is 16.2. The fourth-order valence-electron chi connectivity index (χ4n) is 3.51. The molecule has 2 amide bonds. The van der Waals surface area contributed by atoms with Crippen molar-refractivity contribution < 1.29 is 4.79 Å². The highest BCUT2D eigenvalue weighted by Gasteiger charge is 2.27. The number of rotatable bonds is 2. The van der Waals surface area contributed by atoms with Gasteiger partial charge in [-0.3, -0.25) is 4.90 Å². The van der Waals surface area contributed by atoms with Crippen LogP contribution in [0, 0.1) is 0 Å². The predicted octanol–water partition coefficient (Wildman–Crippen LogP) is 4.48. The Morgan fingerprint density at radius 1 is 1.00 bits per heavy atom. The first kappa shape index (κ1) is 16.9. The van der Waals surface area contributed by atoms with E-state index in [1.54, 1.807) is 18.2 Å². The largest absolute Gasteiger partial charge is 0.322 e. The molecule has 1 aromatic carbocycles. The molecular weight excluding hydrogens is 333 g/mol. The highest BCUT2D eigenvalue weighted by molar-refractivity contribution is 6.42. The number of benzene rings is 1. The number of hydrogen-bond donors (Lipinski definition) is 1.